The molecule has 148 valence electrons. The molecule has 0 spiro atoms. The van der Waals surface area contributed by atoms with Crippen molar-refractivity contribution in [2.45, 2.75) is 50.7 Å². The number of hydrogen-bond acceptors (Lipinski definition) is 4. The average molecular weight is 374 g/mol. The maximum atomic E-state index is 12.7. The number of carbonyl (C=O) groups excluding carboxylic acids is 2. The van der Waals surface area contributed by atoms with E-state index in [1.807, 2.05) is 25.1 Å². The first-order valence-corrected chi connectivity index (χ1v) is 9.92. The zero-order valence-corrected chi connectivity index (χ0v) is 16.0. The van der Waals surface area contributed by atoms with E-state index in [0.29, 0.717) is 32.7 Å². The van der Waals surface area contributed by atoms with Crippen molar-refractivity contribution in [3.8, 4) is 0 Å². The fourth-order valence-electron chi connectivity index (χ4n) is 4.19. The van der Waals surface area contributed by atoms with E-state index >= 15 is 0 Å². The molecule has 2 amide bonds. The van der Waals surface area contributed by atoms with E-state index in [2.05, 4.69) is 17.4 Å². The molecule has 1 aromatic rings. The summed E-state index contributed by atoms with van der Waals surface area (Å²) in [6.07, 6.45) is 3.87. The van der Waals surface area contributed by atoms with Gasteiger partial charge in [-0.3, -0.25) is 9.59 Å². The molecular formula is C21H30N2O4. The Kier molecular flexibility index (Phi) is 6.50. The summed E-state index contributed by atoms with van der Waals surface area (Å²) in [5.74, 6) is -1.19. The highest BCUT2D eigenvalue weighted by Gasteiger charge is 2.46. The van der Waals surface area contributed by atoms with Gasteiger partial charge in [-0.2, -0.15) is 0 Å². The Balaban J connectivity index is 1.50. The molecule has 27 heavy (non-hydrogen) atoms. The zero-order valence-electron chi connectivity index (χ0n) is 16.0. The minimum Gasteiger partial charge on any atom is -0.390 e. The van der Waals surface area contributed by atoms with Crippen LogP contribution in [0.15, 0.2) is 30.3 Å². The molecule has 1 aromatic carbocycles. The van der Waals surface area contributed by atoms with Gasteiger partial charge in [-0.1, -0.05) is 30.3 Å². The summed E-state index contributed by atoms with van der Waals surface area (Å²) in [6.45, 7) is 3.81. The van der Waals surface area contributed by atoms with Crippen LogP contribution in [0.25, 0.3) is 0 Å². The number of ether oxygens (including phenoxy) is 1. The summed E-state index contributed by atoms with van der Waals surface area (Å²) in [4.78, 5) is 26.6. The number of rotatable bonds is 5. The predicted molar refractivity (Wildman–Crippen MR) is 102 cm³/mol. The molecule has 2 saturated heterocycles. The summed E-state index contributed by atoms with van der Waals surface area (Å²) in [7, 11) is 0. The van der Waals surface area contributed by atoms with Gasteiger partial charge < -0.3 is 20.1 Å². The lowest BCUT2D eigenvalue weighted by molar-refractivity contribution is -0.153. The summed E-state index contributed by atoms with van der Waals surface area (Å²) < 4.78 is 5.54. The maximum absolute atomic E-state index is 12.7. The van der Waals surface area contributed by atoms with Gasteiger partial charge in [0.25, 0.3) is 0 Å². The van der Waals surface area contributed by atoms with Crippen LogP contribution in [0.5, 0.6) is 0 Å². The van der Waals surface area contributed by atoms with Crippen molar-refractivity contribution in [3.63, 3.8) is 0 Å². The summed E-state index contributed by atoms with van der Waals surface area (Å²) in [5, 5.41) is 13.4. The smallest absolute Gasteiger partial charge is 0.312 e. The lowest BCUT2D eigenvalue weighted by Gasteiger charge is -2.43. The highest BCUT2D eigenvalue weighted by atomic mass is 16.5. The molecule has 0 aromatic heterocycles. The van der Waals surface area contributed by atoms with E-state index in [1.165, 1.54) is 5.56 Å². The third-order valence-electron chi connectivity index (χ3n) is 5.84. The van der Waals surface area contributed by atoms with Crippen LogP contribution in [0.1, 0.15) is 38.2 Å². The van der Waals surface area contributed by atoms with Gasteiger partial charge in [0.2, 0.25) is 0 Å². The van der Waals surface area contributed by atoms with Crippen molar-refractivity contribution >= 4 is 11.8 Å². The number of aliphatic hydroxyl groups is 1. The Morgan fingerprint density at radius 1 is 1.33 bits per heavy atom. The third-order valence-corrected chi connectivity index (χ3v) is 5.84. The normalized spacial score (nSPS) is 28.1. The van der Waals surface area contributed by atoms with Crippen LogP contribution in [-0.2, 0) is 20.7 Å². The second kappa shape index (κ2) is 8.85. The molecule has 0 radical (unpaired) electrons. The van der Waals surface area contributed by atoms with Gasteiger partial charge >= 0.3 is 11.8 Å². The number of amides is 2. The van der Waals surface area contributed by atoms with Gasteiger partial charge in [0.05, 0.1) is 12.2 Å². The van der Waals surface area contributed by atoms with Crippen LogP contribution >= 0.6 is 0 Å². The van der Waals surface area contributed by atoms with Crippen molar-refractivity contribution in [3.05, 3.63) is 35.9 Å². The van der Waals surface area contributed by atoms with Crippen LogP contribution in [0.3, 0.4) is 0 Å². The summed E-state index contributed by atoms with van der Waals surface area (Å²) in [5.41, 5.74) is 0.356. The van der Waals surface area contributed by atoms with Crippen LogP contribution in [-0.4, -0.2) is 59.8 Å². The molecule has 2 aliphatic heterocycles. The molecule has 2 aliphatic rings. The minimum absolute atomic E-state index is 0.136. The second-order valence-electron chi connectivity index (χ2n) is 7.84. The predicted octanol–water partition coefficient (Wildman–Crippen LogP) is 1.51. The van der Waals surface area contributed by atoms with E-state index in [1.54, 1.807) is 4.90 Å². The molecule has 2 heterocycles. The second-order valence-corrected chi connectivity index (χ2v) is 7.84. The Morgan fingerprint density at radius 2 is 2.11 bits per heavy atom. The molecule has 3 rings (SSSR count). The monoisotopic (exact) mass is 374 g/mol. The van der Waals surface area contributed by atoms with Crippen LogP contribution < -0.4 is 5.32 Å². The first-order valence-electron chi connectivity index (χ1n) is 9.92. The minimum atomic E-state index is -0.863. The SMILES string of the molecule is C[C@]1(O)CCOC[C@H]1[C@@H]1CCCN1C(=O)C(=O)NCCCc1ccccc1. The first-order chi connectivity index (χ1) is 13.0. The Labute approximate surface area is 160 Å². The van der Waals surface area contributed by atoms with Crippen molar-refractivity contribution in [1.82, 2.24) is 10.2 Å². The van der Waals surface area contributed by atoms with Gasteiger partial charge in [-0.05, 0) is 44.6 Å². The van der Waals surface area contributed by atoms with Gasteiger partial charge in [-0.15, -0.1) is 0 Å². The molecule has 6 nitrogen and oxygen atoms in total. The van der Waals surface area contributed by atoms with Crippen LogP contribution in [0.4, 0.5) is 0 Å². The molecule has 0 aliphatic carbocycles. The Hall–Kier alpha value is -1.92. The van der Waals surface area contributed by atoms with Gasteiger partial charge in [0.1, 0.15) is 0 Å². The molecule has 3 atom stereocenters. The molecular weight excluding hydrogens is 344 g/mol. The van der Waals surface area contributed by atoms with E-state index in [4.69, 9.17) is 4.74 Å². The third kappa shape index (κ3) is 4.87. The number of likely N-dealkylation sites (tertiary alicyclic amines) is 1. The summed E-state index contributed by atoms with van der Waals surface area (Å²) in [6, 6.07) is 9.94. The Morgan fingerprint density at radius 3 is 2.85 bits per heavy atom. The number of nitrogens with one attached hydrogen (secondary N) is 1. The highest BCUT2D eigenvalue weighted by molar-refractivity contribution is 6.35. The van der Waals surface area contributed by atoms with Crippen LogP contribution in [0, 0.1) is 5.92 Å². The average Bonchev–Trinajstić information content (AvgIpc) is 3.14. The lowest BCUT2D eigenvalue weighted by atomic mass is 9.79. The zero-order chi connectivity index (χ0) is 19.3. The number of benzene rings is 1. The van der Waals surface area contributed by atoms with E-state index in [-0.39, 0.29) is 12.0 Å². The standard InChI is InChI=1S/C21H30N2O4/c1-21(26)11-14-27-15-17(21)18-10-6-13-23(18)20(25)19(24)22-12-5-9-16-7-3-2-4-8-16/h2-4,7-8,17-18,26H,5-6,9-15H2,1H3,(H,22,24)/t17-,18-,21-/m0/s1. The molecule has 0 bridgehead atoms. The van der Waals surface area contributed by atoms with Gasteiger partial charge in [0, 0.05) is 31.7 Å². The fraction of sp³-hybridized carbons (Fsp3) is 0.619. The van der Waals surface area contributed by atoms with Crippen molar-refractivity contribution in [2.24, 2.45) is 5.92 Å². The lowest BCUT2D eigenvalue weighted by Crippen LogP contribution is -2.55. The molecule has 2 fully saturated rings. The molecule has 0 unspecified atom stereocenters. The number of hydrogen-bond donors (Lipinski definition) is 2. The fourth-order valence-corrected chi connectivity index (χ4v) is 4.19. The van der Waals surface area contributed by atoms with Crippen LogP contribution in [0.2, 0.25) is 0 Å². The van der Waals surface area contributed by atoms with E-state index < -0.39 is 17.4 Å². The Bertz CT molecular complexity index is 647. The molecule has 6 heteroatoms. The van der Waals surface area contributed by atoms with E-state index in [0.717, 1.165) is 25.7 Å². The van der Waals surface area contributed by atoms with E-state index in [9.17, 15) is 14.7 Å². The topological polar surface area (TPSA) is 78.9 Å². The quantitative estimate of drug-likeness (QED) is 0.605. The highest BCUT2D eigenvalue weighted by Crippen LogP contribution is 2.35. The molecule has 0 saturated carbocycles. The summed E-state index contributed by atoms with van der Waals surface area (Å²) >= 11 is 0. The van der Waals surface area contributed by atoms with Crippen molar-refractivity contribution in [1.29, 1.82) is 0 Å². The molecule has 2 N–H and O–H groups in total. The number of carbonyl (C=O) groups is 2. The van der Waals surface area contributed by atoms with Gasteiger partial charge in [0.15, 0.2) is 0 Å². The van der Waals surface area contributed by atoms with Crippen molar-refractivity contribution < 1.29 is 19.4 Å². The van der Waals surface area contributed by atoms with Crippen molar-refractivity contribution in [2.75, 3.05) is 26.3 Å². The van der Waals surface area contributed by atoms with Gasteiger partial charge in [-0.25, -0.2) is 0 Å². The first kappa shape index (κ1) is 19.8. The number of nitrogens with zero attached hydrogens (tertiary/aromatic N) is 1. The largest absolute Gasteiger partial charge is 0.390 e. The number of aryl methyl sites for hydroxylation is 1. The maximum Gasteiger partial charge on any atom is 0.312 e.